The summed E-state index contributed by atoms with van der Waals surface area (Å²) >= 11 is 0. The Bertz CT molecular complexity index is 697. The molecule has 0 amide bonds. The van der Waals surface area contributed by atoms with E-state index in [0.717, 1.165) is 22.4 Å². The van der Waals surface area contributed by atoms with Gasteiger partial charge in [0, 0.05) is 5.56 Å². The van der Waals surface area contributed by atoms with Gasteiger partial charge in [0.05, 0.1) is 12.7 Å². The minimum absolute atomic E-state index is 0.292. The van der Waals surface area contributed by atoms with E-state index >= 15 is 0 Å². The maximum absolute atomic E-state index is 11.8. The first kappa shape index (κ1) is 12.5. The third-order valence-electron chi connectivity index (χ3n) is 3.28. The molecule has 2 aromatic rings. The van der Waals surface area contributed by atoms with E-state index in [1.165, 1.54) is 0 Å². The molecule has 0 fully saturated rings. The topological polar surface area (TPSA) is 35.5 Å². The summed E-state index contributed by atoms with van der Waals surface area (Å²) in [6.07, 6.45) is 1.86. The summed E-state index contributed by atoms with van der Waals surface area (Å²) in [6, 6.07) is 13.3. The minimum atomic E-state index is -0.292. The molecule has 0 unspecified atom stereocenters. The molecule has 2 aromatic carbocycles. The highest BCUT2D eigenvalue weighted by Crippen LogP contribution is 2.32. The molecule has 20 heavy (non-hydrogen) atoms. The molecule has 0 saturated carbocycles. The molecule has 0 saturated heterocycles. The highest BCUT2D eigenvalue weighted by atomic mass is 16.5. The standard InChI is InChI=1S/C17H14O3/c1-11-3-8-14-15(9-11)16(20-17(14)18)10-12-4-6-13(19-2)7-5-12/h3-10H,1-2H3/b16-10-. The van der Waals surface area contributed by atoms with Gasteiger partial charge in [-0.3, -0.25) is 0 Å². The molecule has 3 heteroatoms. The number of aryl methyl sites for hydroxylation is 1. The summed E-state index contributed by atoms with van der Waals surface area (Å²) in [5, 5.41) is 0. The van der Waals surface area contributed by atoms with Crippen LogP contribution < -0.4 is 4.74 Å². The molecule has 0 radical (unpaired) electrons. The summed E-state index contributed by atoms with van der Waals surface area (Å²) in [4.78, 5) is 11.8. The molecule has 0 aliphatic carbocycles. The molecule has 100 valence electrons. The molecule has 1 aliphatic rings. The second-order valence-electron chi connectivity index (χ2n) is 4.72. The van der Waals surface area contributed by atoms with Crippen LogP contribution in [-0.4, -0.2) is 13.1 Å². The maximum Gasteiger partial charge on any atom is 0.344 e. The molecule has 1 heterocycles. The van der Waals surface area contributed by atoms with Crippen LogP contribution in [0.15, 0.2) is 42.5 Å². The Labute approximate surface area is 117 Å². The van der Waals surface area contributed by atoms with E-state index in [9.17, 15) is 4.79 Å². The lowest BCUT2D eigenvalue weighted by Gasteiger charge is -2.02. The first-order valence-electron chi connectivity index (χ1n) is 6.36. The molecule has 0 aromatic heterocycles. The van der Waals surface area contributed by atoms with E-state index in [4.69, 9.17) is 9.47 Å². The first-order valence-corrected chi connectivity index (χ1v) is 6.36. The largest absolute Gasteiger partial charge is 0.497 e. The van der Waals surface area contributed by atoms with Gasteiger partial charge in [0.2, 0.25) is 0 Å². The normalized spacial score (nSPS) is 15.1. The maximum atomic E-state index is 11.8. The predicted octanol–water partition coefficient (Wildman–Crippen LogP) is 3.67. The number of esters is 1. The van der Waals surface area contributed by atoms with Crippen molar-refractivity contribution >= 4 is 17.8 Å². The third kappa shape index (κ3) is 2.18. The van der Waals surface area contributed by atoms with E-state index in [0.29, 0.717) is 11.3 Å². The van der Waals surface area contributed by atoms with Crippen LogP contribution >= 0.6 is 0 Å². The lowest BCUT2D eigenvalue weighted by molar-refractivity contribution is 0.0717. The van der Waals surface area contributed by atoms with Crippen molar-refractivity contribution in [2.24, 2.45) is 0 Å². The summed E-state index contributed by atoms with van der Waals surface area (Å²) in [5.41, 5.74) is 3.53. The Hall–Kier alpha value is -2.55. The van der Waals surface area contributed by atoms with Gasteiger partial charge in [0.1, 0.15) is 11.5 Å². The average molecular weight is 266 g/mol. The van der Waals surface area contributed by atoms with Crippen molar-refractivity contribution in [2.75, 3.05) is 7.11 Å². The molecule has 0 spiro atoms. The van der Waals surface area contributed by atoms with Gasteiger partial charge in [-0.1, -0.05) is 23.8 Å². The fourth-order valence-corrected chi connectivity index (χ4v) is 2.21. The second kappa shape index (κ2) is 4.85. The monoisotopic (exact) mass is 266 g/mol. The molecule has 0 N–H and O–H groups in total. The number of carbonyl (C=O) groups excluding carboxylic acids is 1. The van der Waals surface area contributed by atoms with Gasteiger partial charge in [-0.05, 0) is 42.8 Å². The molecular formula is C17H14O3. The lowest BCUT2D eigenvalue weighted by atomic mass is 10.0. The van der Waals surface area contributed by atoms with Crippen molar-refractivity contribution in [1.29, 1.82) is 0 Å². The van der Waals surface area contributed by atoms with Crippen LogP contribution in [0.1, 0.15) is 27.0 Å². The summed E-state index contributed by atoms with van der Waals surface area (Å²) in [7, 11) is 1.63. The first-order chi connectivity index (χ1) is 9.67. The Morgan fingerprint density at radius 1 is 1.05 bits per heavy atom. The number of benzene rings is 2. The number of carbonyl (C=O) groups is 1. The molecule has 3 nitrogen and oxygen atoms in total. The quantitative estimate of drug-likeness (QED) is 0.778. The number of methoxy groups -OCH3 is 1. The van der Waals surface area contributed by atoms with Gasteiger partial charge >= 0.3 is 5.97 Å². The zero-order valence-electron chi connectivity index (χ0n) is 11.3. The van der Waals surface area contributed by atoms with Crippen LogP contribution in [0.2, 0.25) is 0 Å². The van der Waals surface area contributed by atoms with E-state index in [1.54, 1.807) is 7.11 Å². The summed E-state index contributed by atoms with van der Waals surface area (Å²) < 4.78 is 10.5. The van der Waals surface area contributed by atoms with Crippen LogP contribution in [0, 0.1) is 6.92 Å². The highest BCUT2D eigenvalue weighted by Gasteiger charge is 2.26. The molecule has 0 bridgehead atoms. The number of fused-ring (bicyclic) bond motifs is 1. The smallest absolute Gasteiger partial charge is 0.344 e. The predicted molar refractivity (Wildman–Crippen MR) is 77.5 cm³/mol. The van der Waals surface area contributed by atoms with E-state index in [1.807, 2.05) is 55.5 Å². The summed E-state index contributed by atoms with van der Waals surface area (Å²) in [6.45, 7) is 1.99. The Kier molecular flexibility index (Phi) is 3.03. The Morgan fingerprint density at radius 2 is 1.80 bits per heavy atom. The third-order valence-corrected chi connectivity index (χ3v) is 3.28. The number of hydrogen-bond donors (Lipinski definition) is 0. The van der Waals surface area contributed by atoms with Gasteiger partial charge in [-0.2, -0.15) is 0 Å². The van der Waals surface area contributed by atoms with Crippen molar-refractivity contribution in [1.82, 2.24) is 0 Å². The van der Waals surface area contributed by atoms with Crippen LogP contribution in [0.25, 0.3) is 11.8 Å². The van der Waals surface area contributed by atoms with E-state index < -0.39 is 0 Å². The summed E-state index contributed by atoms with van der Waals surface area (Å²) in [5.74, 6) is 1.10. The van der Waals surface area contributed by atoms with E-state index in [-0.39, 0.29) is 5.97 Å². The highest BCUT2D eigenvalue weighted by molar-refractivity contribution is 6.05. The van der Waals surface area contributed by atoms with Crippen LogP contribution in [0.3, 0.4) is 0 Å². The SMILES string of the molecule is COc1ccc(/C=C2\OC(=O)c3ccc(C)cc32)cc1. The lowest BCUT2D eigenvalue weighted by Crippen LogP contribution is -1.92. The number of ether oxygens (including phenoxy) is 2. The van der Waals surface area contributed by atoms with Crippen molar-refractivity contribution in [3.8, 4) is 5.75 Å². The van der Waals surface area contributed by atoms with Crippen LogP contribution in [-0.2, 0) is 4.74 Å². The fraction of sp³-hybridized carbons (Fsp3) is 0.118. The second-order valence-corrected chi connectivity index (χ2v) is 4.72. The number of rotatable bonds is 2. The van der Waals surface area contributed by atoms with Crippen molar-refractivity contribution < 1.29 is 14.3 Å². The zero-order valence-corrected chi connectivity index (χ0v) is 11.3. The van der Waals surface area contributed by atoms with Gasteiger partial charge in [-0.15, -0.1) is 0 Å². The number of hydrogen-bond acceptors (Lipinski definition) is 3. The van der Waals surface area contributed by atoms with Crippen LogP contribution in [0.5, 0.6) is 5.75 Å². The van der Waals surface area contributed by atoms with E-state index in [2.05, 4.69) is 0 Å². The Morgan fingerprint density at radius 3 is 2.50 bits per heavy atom. The Balaban J connectivity index is 2.01. The minimum Gasteiger partial charge on any atom is -0.497 e. The molecule has 3 rings (SSSR count). The van der Waals surface area contributed by atoms with Crippen LogP contribution in [0.4, 0.5) is 0 Å². The molecule has 1 aliphatic heterocycles. The van der Waals surface area contributed by atoms with Crippen molar-refractivity contribution in [3.63, 3.8) is 0 Å². The number of cyclic esters (lactones) is 1. The average Bonchev–Trinajstić information content (AvgIpc) is 2.76. The van der Waals surface area contributed by atoms with Gasteiger partial charge in [0.25, 0.3) is 0 Å². The fourth-order valence-electron chi connectivity index (χ4n) is 2.21. The van der Waals surface area contributed by atoms with Gasteiger partial charge < -0.3 is 9.47 Å². The van der Waals surface area contributed by atoms with Crippen molar-refractivity contribution in [2.45, 2.75) is 6.92 Å². The van der Waals surface area contributed by atoms with Gasteiger partial charge in [-0.25, -0.2) is 4.79 Å². The zero-order chi connectivity index (χ0) is 14.1. The molecular weight excluding hydrogens is 252 g/mol. The molecule has 0 atom stereocenters. The van der Waals surface area contributed by atoms with Crippen molar-refractivity contribution in [3.05, 3.63) is 64.7 Å². The van der Waals surface area contributed by atoms with Gasteiger partial charge in [0.15, 0.2) is 0 Å².